The van der Waals surface area contributed by atoms with E-state index < -0.39 is 0 Å². The second kappa shape index (κ2) is 26.4. The van der Waals surface area contributed by atoms with Gasteiger partial charge in [-0.1, -0.05) is 121 Å². The largest absolute Gasteiger partial charge is 0.461 e. The third-order valence-corrected chi connectivity index (χ3v) is 12.1. The van der Waals surface area contributed by atoms with Crippen LogP contribution in [-0.2, 0) is 40.6 Å². The molecule has 0 spiro atoms. The summed E-state index contributed by atoms with van der Waals surface area (Å²) in [5.74, 6) is 2.90. The third kappa shape index (κ3) is 17.4. The van der Waals surface area contributed by atoms with Crippen LogP contribution in [0.3, 0.4) is 0 Å². The molecule has 0 aromatic heterocycles. The Hall–Kier alpha value is -3.67. The maximum absolute atomic E-state index is 12.3. The first-order valence-corrected chi connectivity index (χ1v) is 21.8. The highest BCUT2D eigenvalue weighted by Gasteiger charge is 2.20. The molecule has 1 amide bonds. The smallest absolute Gasteiger partial charge is 0.410 e. The number of ether oxygens (including phenoxy) is 2. The van der Waals surface area contributed by atoms with Crippen LogP contribution in [0.1, 0.15) is 59.2 Å². The lowest BCUT2D eigenvalue weighted by Crippen LogP contribution is -2.32. The van der Waals surface area contributed by atoms with Crippen molar-refractivity contribution in [3.05, 3.63) is 160 Å². The molecular formula is C47H57BrN2O4S3. The molecule has 304 valence electrons. The van der Waals surface area contributed by atoms with Gasteiger partial charge in [-0.05, 0) is 79.5 Å². The van der Waals surface area contributed by atoms with Crippen LogP contribution in [0.4, 0.5) is 4.79 Å². The van der Waals surface area contributed by atoms with Gasteiger partial charge in [-0.15, -0.1) is 52.3 Å². The summed E-state index contributed by atoms with van der Waals surface area (Å²) < 4.78 is 10.7. The van der Waals surface area contributed by atoms with Gasteiger partial charge in [-0.3, -0.25) is 4.79 Å². The fourth-order valence-electron chi connectivity index (χ4n) is 5.78. The normalized spacial score (nSPS) is 12.8. The number of nitrogens with one attached hydrogen (secondary N) is 1. The van der Waals surface area contributed by atoms with Gasteiger partial charge in [0.15, 0.2) is 0 Å². The minimum atomic E-state index is -0.237. The summed E-state index contributed by atoms with van der Waals surface area (Å²) in [7, 11) is 0. The first-order chi connectivity index (χ1) is 26.8. The van der Waals surface area contributed by atoms with Gasteiger partial charge < -0.3 is 19.7 Å². The van der Waals surface area contributed by atoms with Crippen LogP contribution >= 0.6 is 52.3 Å². The van der Waals surface area contributed by atoms with Gasteiger partial charge >= 0.3 is 12.1 Å². The van der Waals surface area contributed by atoms with Gasteiger partial charge in [0.1, 0.15) is 13.2 Å². The number of thioether (sulfide) groups is 3. The van der Waals surface area contributed by atoms with Crippen molar-refractivity contribution in [3.63, 3.8) is 0 Å². The highest BCUT2D eigenvalue weighted by Crippen LogP contribution is 2.29. The standard InChI is InChI=1S/C18H19NO2S.C18H20O2S.C10H13NS.CH4.BrH/c1-14-7-8-17-16(11-14)12-19(9-10-22-17)18(20)21-13-15-5-3-2-4-6-15;1-15-9-11-17(12-10-15)21-13-5-8-18(19)20-14-16-6-3-2-4-7-16;1-8-2-3-10-9(6-8)7-11-4-5-12-10;;/h2-8,11H,9-10,12-13H2,1H3;2-4,6-7,9-12H,5,8,13-14H2,1H3;2-3,6,11H,4-5,7H2,1H3;1H4;1H. The topological polar surface area (TPSA) is 67.9 Å². The molecule has 5 aromatic carbocycles. The molecule has 5 aromatic rings. The van der Waals surface area contributed by atoms with Gasteiger partial charge in [0.2, 0.25) is 0 Å². The monoisotopic (exact) mass is 888 g/mol. The Bertz CT molecular complexity index is 1930. The Kier molecular flexibility index (Phi) is 22.1. The minimum absolute atomic E-state index is 0. The molecule has 0 saturated heterocycles. The fraction of sp³-hybridized carbons (Fsp3) is 0.319. The predicted octanol–water partition coefficient (Wildman–Crippen LogP) is 12.3. The summed E-state index contributed by atoms with van der Waals surface area (Å²) in [6.45, 7) is 10.5. The second-order valence-electron chi connectivity index (χ2n) is 13.5. The van der Waals surface area contributed by atoms with E-state index in [-0.39, 0.29) is 36.5 Å². The summed E-state index contributed by atoms with van der Waals surface area (Å²) in [6.07, 6.45) is 1.08. The van der Waals surface area contributed by atoms with Crippen LogP contribution in [-0.4, -0.2) is 47.3 Å². The highest BCUT2D eigenvalue weighted by molar-refractivity contribution is 8.93. The van der Waals surface area contributed by atoms with E-state index in [0.29, 0.717) is 32.7 Å². The zero-order valence-corrected chi connectivity index (χ0v) is 36.7. The number of benzene rings is 5. The van der Waals surface area contributed by atoms with Crippen molar-refractivity contribution in [2.75, 3.05) is 30.3 Å². The fourth-order valence-corrected chi connectivity index (χ4v) is 8.59. The van der Waals surface area contributed by atoms with Crippen molar-refractivity contribution in [2.45, 2.75) is 82.0 Å². The van der Waals surface area contributed by atoms with Gasteiger partial charge in [-0.2, -0.15) is 0 Å². The van der Waals surface area contributed by atoms with E-state index in [1.165, 1.54) is 48.3 Å². The predicted molar refractivity (Wildman–Crippen MR) is 247 cm³/mol. The van der Waals surface area contributed by atoms with Crippen LogP contribution < -0.4 is 5.32 Å². The molecule has 2 aliphatic heterocycles. The van der Waals surface area contributed by atoms with Gasteiger partial charge in [0.25, 0.3) is 0 Å². The number of hydrogen-bond donors (Lipinski definition) is 1. The van der Waals surface area contributed by atoms with Gasteiger partial charge in [0.05, 0.1) is 6.54 Å². The van der Waals surface area contributed by atoms with Gasteiger partial charge in [0, 0.05) is 52.2 Å². The van der Waals surface area contributed by atoms with Crippen LogP contribution in [0, 0.1) is 20.8 Å². The first kappa shape index (κ1) is 47.7. The van der Waals surface area contributed by atoms with E-state index in [1.54, 1.807) is 28.4 Å². The van der Waals surface area contributed by atoms with Crippen molar-refractivity contribution in [1.29, 1.82) is 0 Å². The number of amides is 1. The van der Waals surface area contributed by atoms with Crippen molar-refractivity contribution >= 4 is 64.3 Å². The van der Waals surface area contributed by atoms with Crippen molar-refractivity contribution < 1.29 is 19.1 Å². The molecule has 2 aliphatic rings. The first-order valence-electron chi connectivity index (χ1n) is 18.8. The van der Waals surface area contributed by atoms with Crippen LogP contribution in [0.5, 0.6) is 0 Å². The SMILES string of the molecule is Br.C.Cc1ccc(SCCCC(=O)OCc2ccccc2)cc1.Cc1ccc2c(c1)CN(C(=O)OCc1ccccc1)CCS2.Cc1ccc2c(c1)CNCCS2. The van der Waals surface area contributed by atoms with Crippen molar-refractivity contribution in [1.82, 2.24) is 10.2 Å². The Morgan fingerprint density at radius 1 is 0.702 bits per heavy atom. The van der Waals surface area contributed by atoms with Crippen LogP contribution in [0.25, 0.3) is 0 Å². The lowest BCUT2D eigenvalue weighted by atomic mass is 10.1. The molecule has 0 fully saturated rings. The molecule has 0 bridgehead atoms. The molecule has 0 aliphatic carbocycles. The lowest BCUT2D eigenvalue weighted by Gasteiger charge is -2.20. The second-order valence-corrected chi connectivity index (χ2v) is 16.9. The Morgan fingerprint density at radius 3 is 1.91 bits per heavy atom. The summed E-state index contributed by atoms with van der Waals surface area (Å²) >= 11 is 5.54. The number of carbonyl (C=O) groups excluding carboxylic acids is 2. The van der Waals surface area contributed by atoms with Crippen LogP contribution in [0.2, 0.25) is 0 Å². The Labute approximate surface area is 364 Å². The van der Waals surface area contributed by atoms with E-state index in [9.17, 15) is 9.59 Å². The number of fused-ring (bicyclic) bond motifs is 2. The molecule has 1 N–H and O–H groups in total. The zero-order valence-electron chi connectivity index (χ0n) is 32.5. The third-order valence-electron chi connectivity index (χ3n) is 8.78. The molecular weight excluding hydrogens is 833 g/mol. The molecule has 2 heterocycles. The lowest BCUT2D eigenvalue weighted by molar-refractivity contribution is -0.144. The molecule has 0 unspecified atom stereocenters. The van der Waals surface area contributed by atoms with E-state index in [1.807, 2.05) is 72.4 Å². The van der Waals surface area contributed by atoms with Crippen molar-refractivity contribution in [2.24, 2.45) is 0 Å². The number of hydrogen-bond acceptors (Lipinski definition) is 8. The molecule has 57 heavy (non-hydrogen) atoms. The molecule has 0 saturated carbocycles. The maximum atomic E-state index is 12.3. The quantitative estimate of drug-likeness (QED) is 0.0892. The van der Waals surface area contributed by atoms with E-state index in [4.69, 9.17) is 9.47 Å². The van der Waals surface area contributed by atoms with E-state index in [0.717, 1.165) is 42.1 Å². The number of carbonyl (C=O) groups is 2. The summed E-state index contributed by atoms with van der Waals surface area (Å²) in [5, 5.41) is 3.41. The highest BCUT2D eigenvalue weighted by atomic mass is 79.9. The number of rotatable bonds is 9. The average molecular weight is 890 g/mol. The Balaban J connectivity index is 0.000000234. The number of nitrogens with zero attached hydrogens (tertiary/aromatic N) is 1. The number of esters is 1. The molecule has 0 atom stereocenters. The number of aryl methyl sites for hydroxylation is 3. The summed E-state index contributed by atoms with van der Waals surface area (Å²) in [4.78, 5) is 29.7. The number of halogens is 1. The van der Waals surface area contributed by atoms with Crippen LogP contribution in [0.15, 0.2) is 136 Å². The molecule has 10 heteroatoms. The molecule has 6 nitrogen and oxygen atoms in total. The molecule has 0 radical (unpaired) electrons. The van der Waals surface area contributed by atoms with Gasteiger partial charge in [-0.25, -0.2) is 4.79 Å². The summed E-state index contributed by atoms with van der Waals surface area (Å²) in [5.41, 5.74) is 8.55. The van der Waals surface area contributed by atoms with Crippen molar-refractivity contribution in [3.8, 4) is 0 Å². The van der Waals surface area contributed by atoms with E-state index in [2.05, 4.69) is 86.8 Å². The zero-order chi connectivity index (χ0) is 38.7. The Morgan fingerprint density at radius 2 is 1.26 bits per heavy atom. The van der Waals surface area contributed by atoms with E-state index >= 15 is 0 Å². The average Bonchev–Trinajstić information content (AvgIpc) is 3.58. The maximum Gasteiger partial charge on any atom is 0.410 e. The summed E-state index contributed by atoms with van der Waals surface area (Å²) in [6, 6.07) is 41.1. The molecule has 7 rings (SSSR count). The minimum Gasteiger partial charge on any atom is -0.461 e.